The van der Waals surface area contributed by atoms with Gasteiger partial charge < -0.3 is 0 Å². The van der Waals surface area contributed by atoms with Crippen LogP contribution in [-0.2, 0) is 10.0 Å². The fraction of sp³-hybridized carbons (Fsp3) is 0.556. The van der Waals surface area contributed by atoms with Crippen LogP contribution in [0.25, 0.3) is 0 Å². The summed E-state index contributed by atoms with van der Waals surface area (Å²) in [5, 5.41) is 4.38. The molecule has 1 aromatic heterocycles. The summed E-state index contributed by atoms with van der Waals surface area (Å²) < 4.78 is 22.3. The van der Waals surface area contributed by atoms with Crippen molar-refractivity contribution < 1.29 is 8.42 Å². The Labute approximate surface area is 89.8 Å². The standard InChI is InChI=1S/C9H15N3O2S/c1-6-4-11-9(12-5-6)7(2)8(3)15(10,13)14/h4-5,7-8H,1-3H3,(H2,10,13,14)/t7-,8?/m0/s1. The van der Waals surface area contributed by atoms with Gasteiger partial charge in [-0.1, -0.05) is 6.92 Å². The van der Waals surface area contributed by atoms with E-state index in [4.69, 9.17) is 5.14 Å². The molecule has 6 heteroatoms. The predicted octanol–water partition coefficient (Wildman–Crippen LogP) is 0.566. The van der Waals surface area contributed by atoms with Crippen LogP contribution in [0.5, 0.6) is 0 Å². The van der Waals surface area contributed by atoms with Gasteiger partial charge in [-0.25, -0.2) is 23.5 Å². The molecule has 1 unspecified atom stereocenters. The minimum Gasteiger partial charge on any atom is -0.241 e. The van der Waals surface area contributed by atoms with Gasteiger partial charge >= 0.3 is 0 Å². The van der Waals surface area contributed by atoms with Crippen molar-refractivity contribution in [1.82, 2.24) is 9.97 Å². The predicted molar refractivity (Wildman–Crippen MR) is 57.8 cm³/mol. The molecule has 0 spiro atoms. The van der Waals surface area contributed by atoms with Gasteiger partial charge in [0.05, 0.1) is 5.25 Å². The maximum Gasteiger partial charge on any atom is 0.212 e. The first-order valence-electron chi connectivity index (χ1n) is 4.62. The molecule has 0 bridgehead atoms. The van der Waals surface area contributed by atoms with Crippen LogP contribution in [0.4, 0.5) is 0 Å². The average molecular weight is 229 g/mol. The van der Waals surface area contributed by atoms with E-state index in [0.717, 1.165) is 5.56 Å². The molecule has 0 aliphatic heterocycles. The van der Waals surface area contributed by atoms with Crippen LogP contribution in [0.1, 0.15) is 31.2 Å². The Morgan fingerprint density at radius 1 is 1.27 bits per heavy atom. The quantitative estimate of drug-likeness (QED) is 0.820. The second kappa shape index (κ2) is 4.24. The molecule has 0 aliphatic rings. The monoisotopic (exact) mass is 229 g/mol. The lowest BCUT2D eigenvalue weighted by Crippen LogP contribution is -2.31. The van der Waals surface area contributed by atoms with E-state index >= 15 is 0 Å². The van der Waals surface area contributed by atoms with Crippen molar-refractivity contribution in [1.29, 1.82) is 0 Å². The maximum absolute atomic E-state index is 11.1. The summed E-state index contributed by atoms with van der Waals surface area (Å²) in [6.07, 6.45) is 3.32. The van der Waals surface area contributed by atoms with Crippen LogP contribution >= 0.6 is 0 Å². The van der Waals surface area contributed by atoms with Crippen molar-refractivity contribution in [2.45, 2.75) is 31.9 Å². The number of sulfonamides is 1. The summed E-state index contributed by atoms with van der Waals surface area (Å²) in [5.41, 5.74) is 0.939. The van der Waals surface area contributed by atoms with Crippen LogP contribution in [-0.4, -0.2) is 23.6 Å². The molecule has 0 aliphatic carbocycles. The van der Waals surface area contributed by atoms with E-state index in [0.29, 0.717) is 5.82 Å². The molecule has 0 saturated carbocycles. The van der Waals surface area contributed by atoms with Crippen LogP contribution in [0, 0.1) is 6.92 Å². The minimum absolute atomic E-state index is 0.305. The number of aryl methyl sites for hydroxylation is 1. The van der Waals surface area contributed by atoms with Crippen molar-refractivity contribution in [2.75, 3.05) is 0 Å². The lowest BCUT2D eigenvalue weighted by molar-refractivity contribution is 0.564. The molecule has 0 amide bonds. The fourth-order valence-corrected chi connectivity index (χ4v) is 1.82. The van der Waals surface area contributed by atoms with E-state index in [2.05, 4.69) is 9.97 Å². The number of hydrogen-bond donors (Lipinski definition) is 1. The maximum atomic E-state index is 11.1. The van der Waals surface area contributed by atoms with E-state index in [1.165, 1.54) is 0 Å². The molecule has 1 rings (SSSR count). The van der Waals surface area contributed by atoms with Crippen LogP contribution in [0.15, 0.2) is 12.4 Å². The Hall–Kier alpha value is -1.01. The Morgan fingerprint density at radius 3 is 2.13 bits per heavy atom. The highest BCUT2D eigenvalue weighted by atomic mass is 32.2. The number of primary sulfonamides is 1. The third-order valence-electron chi connectivity index (χ3n) is 2.43. The normalized spacial score (nSPS) is 16.0. The number of nitrogens with zero attached hydrogens (tertiary/aromatic N) is 2. The molecule has 1 heterocycles. The van der Waals surface area contributed by atoms with Gasteiger partial charge in [0.1, 0.15) is 5.82 Å². The average Bonchev–Trinajstić information content (AvgIpc) is 2.15. The van der Waals surface area contributed by atoms with Gasteiger partial charge in [0.15, 0.2) is 0 Å². The summed E-state index contributed by atoms with van der Waals surface area (Å²) in [6, 6.07) is 0. The molecule has 0 saturated heterocycles. The molecule has 5 nitrogen and oxygen atoms in total. The third kappa shape index (κ3) is 2.97. The molecular formula is C9H15N3O2S. The summed E-state index contributed by atoms with van der Waals surface area (Å²) in [7, 11) is -3.54. The molecule has 2 N–H and O–H groups in total. The third-order valence-corrected chi connectivity index (χ3v) is 3.88. The Kier molecular flexibility index (Phi) is 3.41. The van der Waals surface area contributed by atoms with Crippen LogP contribution < -0.4 is 5.14 Å². The Bertz CT molecular complexity index is 427. The lowest BCUT2D eigenvalue weighted by Gasteiger charge is -2.16. The van der Waals surface area contributed by atoms with Crippen molar-refractivity contribution in [3.8, 4) is 0 Å². The van der Waals surface area contributed by atoms with Crippen LogP contribution in [0.3, 0.4) is 0 Å². The van der Waals surface area contributed by atoms with E-state index in [9.17, 15) is 8.42 Å². The molecule has 0 radical (unpaired) electrons. The first kappa shape index (κ1) is 12.1. The van der Waals surface area contributed by atoms with Crippen molar-refractivity contribution >= 4 is 10.0 Å². The van der Waals surface area contributed by atoms with Gasteiger partial charge in [-0.15, -0.1) is 0 Å². The van der Waals surface area contributed by atoms with Gasteiger partial charge in [0, 0.05) is 18.3 Å². The van der Waals surface area contributed by atoms with E-state index in [1.54, 1.807) is 26.2 Å². The van der Waals surface area contributed by atoms with Gasteiger partial charge in [-0.3, -0.25) is 0 Å². The summed E-state index contributed by atoms with van der Waals surface area (Å²) >= 11 is 0. The molecule has 84 valence electrons. The smallest absolute Gasteiger partial charge is 0.212 e. The largest absolute Gasteiger partial charge is 0.241 e. The zero-order valence-corrected chi connectivity index (χ0v) is 9.82. The number of aromatic nitrogens is 2. The highest BCUT2D eigenvalue weighted by Crippen LogP contribution is 2.18. The zero-order chi connectivity index (χ0) is 11.6. The molecule has 15 heavy (non-hydrogen) atoms. The second-order valence-electron chi connectivity index (χ2n) is 3.70. The summed E-state index contributed by atoms with van der Waals surface area (Å²) in [6.45, 7) is 5.18. The highest BCUT2D eigenvalue weighted by molar-refractivity contribution is 7.89. The van der Waals surface area contributed by atoms with E-state index < -0.39 is 15.3 Å². The lowest BCUT2D eigenvalue weighted by atomic mass is 10.1. The Morgan fingerprint density at radius 2 is 1.73 bits per heavy atom. The molecular weight excluding hydrogens is 214 g/mol. The van der Waals surface area contributed by atoms with E-state index in [-0.39, 0.29) is 5.92 Å². The van der Waals surface area contributed by atoms with Gasteiger partial charge in [-0.2, -0.15) is 0 Å². The molecule has 1 aromatic rings. The van der Waals surface area contributed by atoms with E-state index in [1.807, 2.05) is 6.92 Å². The summed E-state index contributed by atoms with van der Waals surface area (Å²) in [5.74, 6) is 0.197. The van der Waals surface area contributed by atoms with Crippen LogP contribution in [0.2, 0.25) is 0 Å². The van der Waals surface area contributed by atoms with Gasteiger partial charge in [0.2, 0.25) is 10.0 Å². The zero-order valence-electron chi connectivity index (χ0n) is 9.01. The first-order chi connectivity index (χ1) is 6.82. The van der Waals surface area contributed by atoms with Gasteiger partial charge in [0.25, 0.3) is 0 Å². The van der Waals surface area contributed by atoms with Gasteiger partial charge in [-0.05, 0) is 19.4 Å². The first-order valence-corrected chi connectivity index (χ1v) is 6.23. The summed E-state index contributed by atoms with van der Waals surface area (Å²) in [4.78, 5) is 8.16. The number of nitrogens with two attached hydrogens (primary N) is 1. The topological polar surface area (TPSA) is 85.9 Å². The SMILES string of the molecule is Cc1cnc([C@@H](C)C(C)S(N)(=O)=O)nc1. The van der Waals surface area contributed by atoms with Crippen molar-refractivity contribution in [3.63, 3.8) is 0 Å². The van der Waals surface area contributed by atoms with Crippen molar-refractivity contribution in [3.05, 3.63) is 23.8 Å². The second-order valence-corrected chi connectivity index (χ2v) is 5.62. The fourth-order valence-electron chi connectivity index (χ4n) is 1.13. The number of hydrogen-bond acceptors (Lipinski definition) is 4. The molecule has 0 fully saturated rings. The highest BCUT2D eigenvalue weighted by Gasteiger charge is 2.25. The minimum atomic E-state index is -3.54. The Balaban J connectivity index is 2.95. The van der Waals surface area contributed by atoms with Crippen molar-refractivity contribution in [2.24, 2.45) is 5.14 Å². The molecule has 2 atom stereocenters. The molecule has 0 aromatic carbocycles. The number of rotatable bonds is 3.